The normalized spacial score (nSPS) is 12.4. The molecule has 0 aliphatic carbocycles. The van der Waals surface area contributed by atoms with E-state index in [4.69, 9.17) is 11.6 Å². The van der Waals surface area contributed by atoms with Crippen molar-refractivity contribution >= 4 is 38.6 Å². The largest absolute Gasteiger partial charge is 0.418 e. The smallest absolute Gasteiger partial charge is 0.243 e. The summed E-state index contributed by atoms with van der Waals surface area (Å²) in [6.45, 7) is 1.30. The number of rotatable bonds is 0. The number of nitrogens with zero attached hydrogens (tertiary/aromatic N) is 2. The first-order valence-electron chi connectivity index (χ1n) is 4.01. The van der Waals surface area contributed by atoms with Crippen molar-refractivity contribution in [3.05, 3.63) is 20.6 Å². The number of benzene rings is 1. The minimum Gasteiger partial charge on any atom is -0.243 e. The fraction of sp³-hybridized carbons (Fsp3) is 0.250. The van der Waals surface area contributed by atoms with Gasteiger partial charge in [-0.1, -0.05) is 11.6 Å². The Morgan fingerprint density at radius 3 is 2.38 bits per heavy atom. The molecular weight excluding hydrogens is 312 g/mol. The van der Waals surface area contributed by atoms with Crippen LogP contribution in [0.25, 0.3) is 11.0 Å². The number of hydrogen-bond donors (Lipinski definition) is 0. The molecule has 0 radical (unpaired) electrons. The Labute approximate surface area is 101 Å². The molecule has 0 unspecified atom stereocenters. The Balaban J connectivity index is 2.94. The summed E-state index contributed by atoms with van der Waals surface area (Å²) in [5, 5.41) is 6.33. The highest BCUT2D eigenvalue weighted by Gasteiger charge is 2.38. The molecular formula is C8H3BrClF3N2O. The SMILES string of the molecule is Cc1c(C(F)(F)F)c(Cl)c2nonc2c1Br. The maximum atomic E-state index is 12.7. The van der Waals surface area contributed by atoms with Gasteiger partial charge in [0.05, 0.1) is 15.1 Å². The Hall–Kier alpha value is -0.820. The highest BCUT2D eigenvalue weighted by Crippen LogP contribution is 2.43. The third-order valence-corrected chi connectivity index (χ3v) is 3.45. The molecule has 0 saturated carbocycles. The zero-order chi connectivity index (χ0) is 12.1. The number of aromatic nitrogens is 2. The van der Waals surface area contributed by atoms with E-state index in [-0.39, 0.29) is 21.1 Å². The van der Waals surface area contributed by atoms with Crippen LogP contribution in [0.3, 0.4) is 0 Å². The monoisotopic (exact) mass is 314 g/mol. The first kappa shape index (κ1) is 11.7. The fourth-order valence-corrected chi connectivity index (χ4v) is 2.22. The van der Waals surface area contributed by atoms with Gasteiger partial charge in [-0.15, -0.1) is 0 Å². The molecule has 86 valence electrons. The number of hydrogen-bond acceptors (Lipinski definition) is 3. The first-order valence-corrected chi connectivity index (χ1v) is 5.18. The summed E-state index contributed by atoms with van der Waals surface area (Å²) in [7, 11) is 0. The van der Waals surface area contributed by atoms with E-state index in [0.717, 1.165) is 0 Å². The van der Waals surface area contributed by atoms with Crippen LogP contribution >= 0.6 is 27.5 Å². The molecule has 0 amide bonds. The second-order valence-electron chi connectivity index (χ2n) is 3.09. The number of halogens is 5. The van der Waals surface area contributed by atoms with Crippen LogP contribution in [0.1, 0.15) is 11.1 Å². The molecule has 1 aromatic heterocycles. The van der Waals surface area contributed by atoms with Gasteiger partial charge in [-0.05, 0) is 38.7 Å². The minimum atomic E-state index is -4.54. The van der Waals surface area contributed by atoms with Gasteiger partial charge in [-0.25, -0.2) is 4.63 Å². The molecule has 8 heteroatoms. The van der Waals surface area contributed by atoms with E-state index in [1.807, 2.05) is 0 Å². The quantitative estimate of drug-likeness (QED) is 0.738. The molecule has 3 nitrogen and oxygen atoms in total. The molecule has 0 aliphatic rings. The second-order valence-corrected chi connectivity index (χ2v) is 4.26. The van der Waals surface area contributed by atoms with Gasteiger partial charge >= 0.3 is 6.18 Å². The van der Waals surface area contributed by atoms with Crippen molar-refractivity contribution in [2.24, 2.45) is 0 Å². The maximum Gasteiger partial charge on any atom is 0.418 e. The van der Waals surface area contributed by atoms with Crippen molar-refractivity contribution in [2.45, 2.75) is 13.1 Å². The Bertz CT molecular complexity index is 566. The molecule has 1 aromatic carbocycles. The fourth-order valence-electron chi connectivity index (χ4n) is 1.38. The summed E-state index contributed by atoms with van der Waals surface area (Å²) in [5.41, 5.74) is -0.896. The Morgan fingerprint density at radius 2 is 1.81 bits per heavy atom. The zero-order valence-corrected chi connectivity index (χ0v) is 10.0. The van der Waals surface area contributed by atoms with E-state index in [1.165, 1.54) is 6.92 Å². The lowest BCUT2D eigenvalue weighted by Gasteiger charge is -2.13. The van der Waals surface area contributed by atoms with Crippen molar-refractivity contribution < 1.29 is 17.8 Å². The highest BCUT2D eigenvalue weighted by molar-refractivity contribution is 9.10. The molecule has 0 fully saturated rings. The molecule has 0 saturated heterocycles. The summed E-state index contributed by atoms with van der Waals surface area (Å²) in [6, 6.07) is 0. The summed E-state index contributed by atoms with van der Waals surface area (Å²) in [6.07, 6.45) is -4.54. The lowest BCUT2D eigenvalue weighted by Crippen LogP contribution is -2.09. The summed E-state index contributed by atoms with van der Waals surface area (Å²) < 4.78 is 42.8. The third kappa shape index (κ3) is 1.58. The Morgan fingerprint density at radius 1 is 1.25 bits per heavy atom. The van der Waals surface area contributed by atoms with Gasteiger partial charge in [0.15, 0.2) is 11.0 Å². The molecule has 0 N–H and O–H groups in total. The van der Waals surface area contributed by atoms with Crippen LogP contribution in [0, 0.1) is 6.92 Å². The lowest BCUT2D eigenvalue weighted by molar-refractivity contribution is -0.137. The van der Waals surface area contributed by atoms with Gasteiger partial charge in [-0.2, -0.15) is 13.2 Å². The predicted molar refractivity (Wildman–Crippen MR) is 54.3 cm³/mol. The van der Waals surface area contributed by atoms with Gasteiger partial charge in [0.2, 0.25) is 0 Å². The summed E-state index contributed by atoms with van der Waals surface area (Å²) in [4.78, 5) is 0. The van der Waals surface area contributed by atoms with Crippen molar-refractivity contribution in [1.82, 2.24) is 10.3 Å². The van der Waals surface area contributed by atoms with Crippen molar-refractivity contribution in [2.75, 3.05) is 0 Å². The van der Waals surface area contributed by atoms with Gasteiger partial charge in [0, 0.05) is 0 Å². The standard InChI is InChI=1S/C8H3BrClF3N2O/c1-2-3(8(11,12)13)5(10)7-6(4(2)9)14-16-15-7/h1H3. The van der Waals surface area contributed by atoms with Gasteiger partial charge in [0.25, 0.3) is 0 Å². The molecule has 0 atom stereocenters. The summed E-state index contributed by atoms with van der Waals surface area (Å²) >= 11 is 8.66. The topological polar surface area (TPSA) is 38.9 Å². The lowest BCUT2D eigenvalue weighted by atomic mass is 10.1. The molecule has 2 aromatic rings. The number of fused-ring (bicyclic) bond motifs is 1. The predicted octanol–water partition coefficient (Wildman–Crippen LogP) is 3.97. The average molecular weight is 315 g/mol. The van der Waals surface area contributed by atoms with Crippen LogP contribution in [0.2, 0.25) is 5.02 Å². The van der Waals surface area contributed by atoms with E-state index in [0.29, 0.717) is 0 Å². The van der Waals surface area contributed by atoms with E-state index < -0.39 is 16.8 Å². The summed E-state index contributed by atoms with van der Waals surface area (Å²) in [5.74, 6) is 0. The van der Waals surface area contributed by atoms with E-state index in [9.17, 15) is 13.2 Å². The molecule has 0 bridgehead atoms. The first-order chi connectivity index (χ1) is 7.34. The molecule has 0 spiro atoms. The average Bonchev–Trinajstić information content (AvgIpc) is 2.61. The van der Waals surface area contributed by atoms with E-state index in [2.05, 4.69) is 30.9 Å². The highest BCUT2D eigenvalue weighted by atomic mass is 79.9. The van der Waals surface area contributed by atoms with Crippen LogP contribution in [-0.2, 0) is 6.18 Å². The van der Waals surface area contributed by atoms with Crippen LogP contribution < -0.4 is 0 Å². The molecule has 2 rings (SSSR count). The second kappa shape index (κ2) is 3.59. The van der Waals surface area contributed by atoms with Crippen LogP contribution in [0.15, 0.2) is 9.10 Å². The van der Waals surface area contributed by atoms with Crippen molar-refractivity contribution in [1.29, 1.82) is 0 Å². The van der Waals surface area contributed by atoms with Gasteiger partial charge in [-0.3, -0.25) is 0 Å². The molecule has 16 heavy (non-hydrogen) atoms. The van der Waals surface area contributed by atoms with Gasteiger partial charge in [0.1, 0.15) is 0 Å². The van der Waals surface area contributed by atoms with Crippen LogP contribution in [0.5, 0.6) is 0 Å². The molecule has 1 heterocycles. The van der Waals surface area contributed by atoms with E-state index in [1.54, 1.807) is 0 Å². The van der Waals surface area contributed by atoms with Crippen LogP contribution in [-0.4, -0.2) is 10.3 Å². The third-order valence-electron chi connectivity index (χ3n) is 2.11. The van der Waals surface area contributed by atoms with E-state index >= 15 is 0 Å². The van der Waals surface area contributed by atoms with Gasteiger partial charge < -0.3 is 0 Å². The van der Waals surface area contributed by atoms with Crippen molar-refractivity contribution in [3.63, 3.8) is 0 Å². The van der Waals surface area contributed by atoms with Crippen LogP contribution in [0.4, 0.5) is 13.2 Å². The maximum absolute atomic E-state index is 12.7. The number of alkyl halides is 3. The molecule has 0 aliphatic heterocycles. The zero-order valence-electron chi connectivity index (χ0n) is 7.69. The Kier molecular flexibility index (Phi) is 2.62. The minimum absolute atomic E-state index is 0.0410. The van der Waals surface area contributed by atoms with Crippen molar-refractivity contribution in [3.8, 4) is 0 Å².